The van der Waals surface area contributed by atoms with Crippen LogP contribution in [0, 0.1) is 5.92 Å². The molecule has 1 aromatic rings. The fourth-order valence-corrected chi connectivity index (χ4v) is 2.80. The third kappa shape index (κ3) is 5.30. The van der Waals surface area contributed by atoms with Crippen LogP contribution in [0.1, 0.15) is 18.9 Å². The molecule has 0 spiro atoms. The van der Waals surface area contributed by atoms with Crippen molar-refractivity contribution < 1.29 is 9.90 Å². The van der Waals surface area contributed by atoms with Gasteiger partial charge in [-0.05, 0) is 37.2 Å². The van der Waals surface area contributed by atoms with Gasteiger partial charge in [-0.25, -0.2) is 0 Å². The standard InChI is InChI=1S/C16H23ClN2O2/c1-13(16(20)21)11-18-7-2-8-19(10-9-18)12-14-3-5-15(17)6-4-14/h3-6,13H,2,7-12H2,1H3,(H,20,21). The molecule has 2 rings (SSSR count). The molecule has 1 aromatic carbocycles. The number of rotatable bonds is 5. The van der Waals surface area contributed by atoms with Crippen LogP contribution in [0.2, 0.25) is 5.02 Å². The molecule has 1 aliphatic heterocycles. The van der Waals surface area contributed by atoms with Gasteiger partial charge >= 0.3 is 5.97 Å². The Morgan fingerprint density at radius 1 is 1.19 bits per heavy atom. The molecule has 0 saturated carbocycles. The number of nitrogens with zero attached hydrogens (tertiary/aromatic N) is 2. The SMILES string of the molecule is CC(CN1CCCN(Cc2ccc(Cl)cc2)CC1)C(=O)O. The van der Waals surface area contributed by atoms with Gasteiger partial charge in [0.05, 0.1) is 5.92 Å². The van der Waals surface area contributed by atoms with Crippen molar-refractivity contribution >= 4 is 17.6 Å². The summed E-state index contributed by atoms with van der Waals surface area (Å²) in [5.41, 5.74) is 1.27. The van der Waals surface area contributed by atoms with Gasteiger partial charge in [0, 0.05) is 31.2 Å². The lowest BCUT2D eigenvalue weighted by molar-refractivity contribution is -0.141. The Morgan fingerprint density at radius 3 is 2.48 bits per heavy atom. The largest absolute Gasteiger partial charge is 0.481 e. The molecule has 1 heterocycles. The Balaban J connectivity index is 1.83. The first-order valence-corrected chi connectivity index (χ1v) is 7.84. The molecule has 1 aliphatic rings. The highest BCUT2D eigenvalue weighted by Crippen LogP contribution is 2.13. The van der Waals surface area contributed by atoms with E-state index < -0.39 is 5.97 Å². The summed E-state index contributed by atoms with van der Waals surface area (Å²) in [4.78, 5) is 15.6. The third-order valence-corrected chi connectivity index (χ3v) is 4.21. The van der Waals surface area contributed by atoms with Crippen LogP contribution in [0.4, 0.5) is 0 Å². The van der Waals surface area contributed by atoms with E-state index >= 15 is 0 Å². The van der Waals surface area contributed by atoms with Gasteiger partial charge in [0.25, 0.3) is 0 Å². The Hall–Kier alpha value is -1.10. The fourth-order valence-electron chi connectivity index (χ4n) is 2.68. The maximum absolute atomic E-state index is 10.9. The molecule has 1 saturated heterocycles. The second-order valence-corrected chi connectivity index (χ2v) is 6.23. The molecule has 0 amide bonds. The molecule has 1 atom stereocenters. The van der Waals surface area contributed by atoms with Crippen LogP contribution < -0.4 is 0 Å². The number of hydrogen-bond donors (Lipinski definition) is 1. The highest BCUT2D eigenvalue weighted by Gasteiger charge is 2.19. The van der Waals surface area contributed by atoms with E-state index in [0.29, 0.717) is 6.54 Å². The van der Waals surface area contributed by atoms with Crippen LogP contribution in [0.15, 0.2) is 24.3 Å². The average Bonchev–Trinajstić information content (AvgIpc) is 2.67. The molecule has 1 unspecified atom stereocenters. The highest BCUT2D eigenvalue weighted by molar-refractivity contribution is 6.30. The minimum atomic E-state index is -0.711. The molecule has 1 fully saturated rings. The summed E-state index contributed by atoms with van der Waals surface area (Å²) in [6.45, 7) is 7.30. The predicted molar refractivity (Wildman–Crippen MR) is 84.6 cm³/mol. The van der Waals surface area contributed by atoms with Gasteiger partial charge in [-0.3, -0.25) is 9.69 Å². The number of carboxylic acid groups (broad SMARTS) is 1. The van der Waals surface area contributed by atoms with Crippen LogP contribution in [0.3, 0.4) is 0 Å². The molecule has 0 bridgehead atoms. The Morgan fingerprint density at radius 2 is 1.81 bits per heavy atom. The maximum Gasteiger partial charge on any atom is 0.307 e. The van der Waals surface area contributed by atoms with Crippen LogP contribution in [-0.2, 0) is 11.3 Å². The van der Waals surface area contributed by atoms with Crippen LogP contribution in [0.5, 0.6) is 0 Å². The first-order chi connectivity index (χ1) is 10.0. The van der Waals surface area contributed by atoms with Crippen molar-refractivity contribution in [1.29, 1.82) is 0 Å². The quantitative estimate of drug-likeness (QED) is 0.908. The molecule has 0 aromatic heterocycles. The number of aliphatic carboxylic acids is 1. The summed E-state index contributed by atoms with van der Waals surface area (Å²) >= 11 is 5.91. The minimum Gasteiger partial charge on any atom is -0.481 e. The molecule has 4 nitrogen and oxygen atoms in total. The molecule has 21 heavy (non-hydrogen) atoms. The average molecular weight is 311 g/mol. The minimum absolute atomic E-state index is 0.298. The van der Waals surface area contributed by atoms with Gasteiger partial charge in [-0.15, -0.1) is 0 Å². The van der Waals surface area contributed by atoms with Crippen molar-refractivity contribution in [3.8, 4) is 0 Å². The van der Waals surface area contributed by atoms with E-state index in [-0.39, 0.29) is 5.92 Å². The monoisotopic (exact) mass is 310 g/mol. The summed E-state index contributed by atoms with van der Waals surface area (Å²) in [5.74, 6) is -1.01. The molecular weight excluding hydrogens is 288 g/mol. The van der Waals surface area contributed by atoms with Crippen LogP contribution in [-0.4, -0.2) is 53.6 Å². The van der Waals surface area contributed by atoms with Crippen molar-refractivity contribution in [2.45, 2.75) is 19.9 Å². The molecule has 1 N–H and O–H groups in total. The number of hydrogen-bond acceptors (Lipinski definition) is 3. The third-order valence-electron chi connectivity index (χ3n) is 3.95. The van der Waals surface area contributed by atoms with E-state index in [4.69, 9.17) is 16.7 Å². The zero-order valence-corrected chi connectivity index (χ0v) is 13.2. The summed E-state index contributed by atoms with van der Waals surface area (Å²) < 4.78 is 0. The second-order valence-electron chi connectivity index (χ2n) is 5.80. The molecule has 0 aliphatic carbocycles. The Bertz CT molecular complexity index is 464. The van der Waals surface area contributed by atoms with E-state index in [1.165, 1.54) is 5.56 Å². The summed E-state index contributed by atoms with van der Waals surface area (Å²) in [7, 11) is 0. The van der Waals surface area contributed by atoms with Crippen molar-refractivity contribution in [2.75, 3.05) is 32.7 Å². The zero-order valence-electron chi connectivity index (χ0n) is 12.5. The fraction of sp³-hybridized carbons (Fsp3) is 0.562. The van der Waals surface area contributed by atoms with Crippen molar-refractivity contribution in [2.24, 2.45) is 5.92 Å². The van der Waals surface area contributed by atoms with E-state index in [1.54, 1.807) is 6.92 Å². The van der Waals surface area contributed by atoms with Gasteiger partial charge in [0.15, 0.2) is 0 Å². The second kappa shape index (κ2) is 7.78. The predicted octanol–water partition coefficient (Wildman–Crippen LogP) is 2.57. The lowest BCUT2D eigenvalue weighted by Gasteiger charge is -2.23. The van der Waals surface area contributed by atoms with Gasteiger partial charge in [-0.2, -0.15) is 0 Å². The Kier molecular flexibility index (Phi) is 6.03. The number of benzene rings is 1. The Labute approximate surface area is 131 Å². The van der Waals surface area contributed by atoms with Gasteiger partial charge in [0.1, 0.15) is 0 Å². The van der Waals surface area contributed by atoms with Crippen molar-refractivity contribution in [1.82, 2.24) is 9.80 Å². The number of halogens is 1. The first kappa shape index (κ1) is 16.3. The highest BCUT2D eigenvalue weighted by atomic mass is 35.5. The van der Waals surface area contributed by atoms with E-state index in [1.807, 2.05) is 12.1 Å². The normalized spacial score (nSPS) is 19.1. The molecular formula is C16H23ClN2O2. The van der Waals surface area contributed by atoms with Crippen molar-refractivity contribution in [3.05, 3.63) is 34.9 Å². The van der Waals surface area contributed by atoms with Gasteiger partial charge in [-0.1, -0.05) is 30.7 Å². The van der Waals surface area contributed by atoms with Crippen LogP contribution in [0.25, 0.3) is 0 Å². The lowest BCUT2D eigenvalue weighted by Crippen LogP contribution is -2.35. The number of carboxylic acids is 1. The molecule has 0 radical (unpaired) electrons. The number of carbonyl (C=O) groups is 1. The first-order valence-electron chi connectivity index (χ1n) is 7.46. The maximum atomic E-state index is 10.9. The summed E-state index contributed by atoms with van der Waals surface area (Å²) in [6, 6.07) is 7.99. The summed E-state index contributed by atoms with van der Waals surface area (Å²) in [5, 5.41) is 9.77. The van der Waals surface area contributed by atoms with Crippen molar-refractivity contribution in [3.63, 3.8) is 0 Å². The van der Waals surface area contributed by atoms with Gasteiger partial charge < -0.3 is 10.0 Å². The van der Waals surface area contributed by atoms with E-state index in [2.05, 4.69) is 21.9 Å². The topological polar surface area (TPSA) is 43.8 Å². The van der Waals surface area contributed by atoms with E-state index in [0.717, 1.165) is 44.2 Å². The summed E-state index contributed by atoms with van der Waals surface area (Å²) in [6.07, 6.45) is 1.08. The smallest absolute Gasteiger partial charge is 0.307 e. The van der Waals surface area contributed by atoms with Gasteiger partial charge in [0.2, 0.25) is 0 Å². The molecule has 116 valence electrons. The van der Waals surface area contributed by atoms with Crippen LogP contribution >= 0.6 is 11.6 Å². The zero-order chi connectivity index (χ0) is 15.2. The molecule has 5 heteroatoms. The lowest BCUT2D eigenvalue weighted by atomic mass is 10.1. The van der Waals surface area contributed by atoms with E-state index in [9.17, 15) is 4.79 Å².